The summed E-state index contributed by atoms with van der Waals surface area (Å²) in [5, 5.41) is 10.7. The van der Waals surface area contributed by atoms with Crippen LogP contribution >= 0.6 is 11.6 Å². The lowest BCUT2D eigenvalue weighted by molar-refractivity contribution is -0.384. The van der Waals surface area contributed by atoms with Crippen LogP contribution in [0, 0.1) is 10.1 Å². The fourth-order valence-corrected chi connectivity index (χ4v) is 2.11. The van der Waals surface area contributed by atoms with E-state index in [2.05, 4.69) is 0 Å². The summed E-state index contributed by atoms with van der Waals surface area (Å²) >= 11 is 5.82. The third kappa shape index (κ3) is 3.64. The van der Waals surface area contributed by atoms with Gasteiger partial charge in [-0.15, -0.1) is 11.6 Å². The zero-order valence-corrected chi connectivity index (χ0v) is 12.2. The van der Waals surface area contributed by atoms with E-state index in [-0.39, 0.29) is 11.6 Å². The van der Waals surface area contributed by atoms with Gasteiger partial charge in [0.1, 0.15) is 18.1 Å². The van der Waals surface area contributed by atoms with Crippen molar-refractivity contribution in [1.29, 1.82) is 0 Å². The van der Waals surface area contributed by atoms with Gasteiger partial charge in [0, 0.05) is 23.3 Å². The number of methoxy groups -OCH3 is 1. The van der Waals surface area contributed by atoms with Crippen molar-refractivity contribution in [2.75, 3.05) is 7.11 Å². The smallest absolute Gasteiger partial charge is 0.270 e. The molecule has 0 radical (unpaired) electrons. The molecule has 0 bridgehead atoms. The molecule has 0 heterocycles. The van der Waals surface area contributed by atoms with E-state index < -0.39 is 4.92 Å². The van der Waals surface area contributed by atoms with Crippen LogP contribution in [-0.2, 0) is 12.5 Å². The van der Waals surface area contributed by atoms with E-state index in [0.717, 1.165) is 11.3 Å². The van der Waals surface area contributed by atoms with Crippen LogP contribution < -0.4 is 9.47 Å². The van der Waals surface area contributed by atoms with Gasteiger partial charge in [-0.25, -0.2) is 0 Å². The van der Waals surface area contributed by atoms with Crippen molar-refractivity contribution < 1.29 is 14.4 Å². The lowest BCUT2D eigenvalue weighted by Crippen LogP contribution is -2.01. The number of non-ortho nitro benzene ring substituents is 1. The maximum atomic E-state index is 10.7. The predicted octanol–water partition coefficient (Wildman–Crippen LogP) is 3.92. The number of para-hydroxylation sites is 1. The summed E-state index contributed by atoms with van der Waals surface area (Å²) < 4.78 is 10.9. The van der Waals surface area contributed by atoms with Crippen molar-refractivity contribution in [3.63, 3.8) is 0 Å². The first-order chi connectivity index (χ1) is 10.2. The summed E-state index contributed by atoms with van der Waals surface area (Å²) in [6.45, 7) is 0.297. The SMILES string of the molecule is COc1ccccc1COc1ccc([N+](=O)[O-])cc1CCl. The normalized spacial score (nSPS) is 10.2. The summed E-state index contributed by atoms with van der Waals surface area (Å²) in [5.41, 5.74) is 1.47. The van der Waals surface area contributed by atoms with Crippen LogP contribution in [0.4, 0.5) is 5.69 Å². The van der Waals surface area contributed by atoms with E-state index in [1.807, 2.05) is 24.3 Å². The zero-order chi connectivity index (χ0) is 15.2. The first-order valence-electron chi connectivity index (χ1n) is 6.23. The fourth-order valence-electron chi connectivity index (χ4n) is 1.90. The molecule has 2 rings (SSSR count). The minimum atomic E-state index is -0.458. The van der Waals surface area contributed by atoms with Crippen LogP contribution in [0.5, 0.6) is 11.5 Å². The molecular formula is C15H14ClNO4. The highest BCUT2D eigenvalue weighted by Gasteiger charge is 2.12. The molecule has 21 heavy (non-hydrogen) atoms. The molecule has 0 amide bonds. The number of rotatable bonds is 6. The second-order valence-electron chi connectivity index (χ2n) is 4.28. The molecule has 0 aliphatic rings. The number of halogens is 1. The highest BCUT2D eigenvalue weighted by atomic mass is 35.5. The Morgan fingerprint density at radius 1 is 1.14 bits per heavy atom. The molecule has 0 aliphatic heterocycles. The molecule has 0 saturated carbocycles. The van der Waals surface area contributed by atoms with Crippen LogP contribution in [0.1, 0.15) is 11.1 Å². The predicted molar refractivity (Wildman–Crippen MR) is 80.0 cm³/mol. The molecule has 0 unspecified atom stereocenters. The van der Waals surface area contributed by atoms with Crippen LogP contribution in [-0.4, -0.2) is 12.0 Å². The molecule has 110 valence electrons. The van der Waals surface area contributed by atoms with Gasteiger partial charge >= 0.3 is 0 Å². The first kappa shape index (κ1) is 15.1. The standard InChI is InChI=1S/C15H14ClNO4/c1-20-14-5-3-2-4-11(14)10-21-15-7-6-13(17(18)19)8-12(15)9-16/h2-8H,9-10H2,1H3. The Balaban J connectivity index is 2.18. The van der Waals surface area contributed by atoms with Gasteiger partial charge in [0.2, 0.25) is 0 Å². The Morgan fingerprint density at radius 3 is 2.57 bits per heavy atom. The minimum absolute atomic E-state index is 0.00436. The summed E-state index contributed by atoms with van der Waals surface area (Å²) in [7, 11) is 1.59. The average Bonchev–Trinajstić information content (AvgIpc) is 2.52. The molecule has 2 aromatic rings. The Kier molecular flexibility index (Phi) is 5.00. The van der Waals surface area contributed by atoms with Gasteiger partial charge in [-0.05, 0) is 12.1 Å². The molecule has 5 nitrogen and oxygen atoms in total. The number of hydrogen-bond acceptors (Lipinski definition) is 4. The first-order valence-corrected chi connectivity index (χ1v) is 6.77. The topological polar surface area (TPSA) is 61.6 Å². The molecule has 0 N–H and O–H groups in total. The number of nitrogens with zero attached hydrogens (tertiary/aromatic N) is 1. The van der Waals surface area contributed by atoms with Crippen molar-refractivity contribution in [2.24, 2.45) is 0 Å². The Labute approximate surface area is 127 Å². The van der Waals surface area contributed by atoms with Gasteiger partial charge in [0.05, 0.1) is 17.9 Å². The lowest BCUT2D eigenvalue weighted by atomic mass is 10.2. The average molecular weight is 308 g/mol. The van der Waals surface area contributed by atoms with E-state index in [1.54, 1.807) is 13.2 Å². The van der Waals surface area contributed by atoms with Crippen molar-refractivity contribution >= 4 is 17.3 Å². The van der Waals surface area contributed by atoms with E-state index >= 15 is 0 Å². The van der Waals surface area contributed by atoms with Gasteiger partial charge in [0.15, 0.2) is 0 Å². The number of nitro benzene ring substituents is 1. The number of hydrogen-bond donors (Lipinski definition) is 0. The van der Waals surface area contributed by atoms with Gasteiger partial charge in [-0.1, -0.05) is 18.2 Å². The number of alkyl halides is 1. The molecule has 0 aromatic heterocycles. The molecule has 0 fully saturated rings. The summed E-state index contributed by atoms with van der Waals surface area (Å²) in [4.78, 5) is 10.3. The number of nitro groups is 1. The Hall–Kier alpha value is -2.27. The highest BCUT2D eigenvalue weighted by Crippen LogP contribution is 2.27. The molecule has 0 aliphatic carbocycles. The minimum Gasteiger partial charge on any atom is -0.496 e. The maximum absolute atomic E-state index is 10.7. The second kappa shape index (κ2) is 6.95. The molecule has 6 heteroatoms. The van der Waals surface area contributed by atoms with E-state index in [0.29, 0.717) is 17.9 Å². The Bertz CT molecular complexity index is 645. The van der Waals surface area contributed by atoms with Gasteiger partial charge in [-0.2, -0.15) is 0 Å². The number of benzene rings is 2. The monoisotopic (exact) mass is 307 g/mol. The highest BCUT2D eigenvalue weighted by molar-refractivity contribution is 6.17. The van der Waals surface area contributed by atoms with E-state index in [4.69, 9.17) is 21.1 Å². The quantitative estimate of drug-likeness (QED) is 0.461. The van der Waals surface area contributed by atoms with Crippen LogP contribution in [0.15, 0.2) is 42.5 Å². The third-order valence-electron chi connectivity index (χ3n) is 2.97. The van der Waals surface area contributed by atoms with Gasteiger partial charge < -0.3 is 9.47 Å². The molecule has 0 saturated heterocycles. The van der Waals surface area contributed by atoms with Crippen LogP contribution in [0.2, 0.25) is 0 Å². The van der Waals surface area contributed by atoms with E-state index in [9.17, 15) is 10.1 Å². The summed E-state index contributed by atoms with van der Waals surface area (Å²) in [6, 6.07) is 11.9. The van der Waals surface area contributed by atoms with Crippen molar-refractivity contribution in [1.82, 2.24) is 0 Å². The van der Waals surface area contributed by atoms with Crippen LogP contribution in [0.3, 0.4) is 0 Å². The Morgan fingerprint density at radius 2 is 1.90 bits per heavy atom. The van der Waals surface area contributed by atoms with E-state index in [1.165, 1.54) is 12.1 Å². The van der Waals surface area contributed by atoms with Crippen molar-refractivity contribution in [3.05, 3.63) is 63.7 Å². The molecular weight excluding hydrogens is 294 g/mol. The van der Waals surface area contributed by atoms with Crippen molar-refractivity contribution in [2.45, 2.75) is 12.5 Å². The summed E-state index contributed by atoms with van der Waals surface area (Å²) in [6.07, 6.45) is 0. The maximum Gasteiger partial charge on any atom is 0.270 e. The lowest BCUT2D eigenvalue weighted by Gasteiger charge is -2.12. The van der Waals surface area contributed by atoms with Gasteiger partial charge in [0.25, 0.3) is 5.69 Å². The fraction of sp³-hybridized carbons (Fsp3) is 0.200. The van der Waals surface area contributed by atoms with Gasteiger partial charge in [-0.3, -0.25) is 10.1 Å². The summed E-state index contributed by atoms with van der Waals surface area (Å²) in [5.74, 6) is 1.40. The second-order valence-corrected chi connectivity index (χ2v) is 4.55. The van der Waals surface area contributed by atoms with Crippen molar-refractivity contribution in [3.8, 4) is 11.5 Å². The number of ether oxygens (including phenoxy) is 2. The molecule has 0 spiro atoms. The molecule has 2 aromatic carbocycles. The largest absolute Gasteiger partial charge is 0.496 e. The molecule has 0 atom stereocenters. The third-order valence-corrected chi connectivity index (χ3v) is 3.26. The zero-order valence-electron chi connectivity index (χ0n) is 11.4. The van der Waals surface area contributed by atoms with Crippen LogP contribution in [0.25, 0.3) is 0 Å².